The van der Waals surface area contributed by atoms with E-state index in [4.69, 9.17) is 0 Å². The Morgan fingerprint density at radius 3 is 2.71 bits per heavy atom. The lowest BCUT2D eigenvalue weighted by Crippen LogP contribution is -2.16. The number of nitrogens with one attached hydrogen (secondary N) is 1. The highest BCUT2D eigenvalue weighted by atomic mass is 32.2. The minimum atomic E-state index is -0.228. The molecule has 17 heavy (non-hydrogen) atoms. The Bertz CT molecular complexity index is 626. The molecule has 2 aromatic rings. The maximum Gasteiger partial charge on any atom is 0.242 e. The zero-order valence-corrected chi connectivity index (χ0v) is 9.70. The second-order valence-electron chi connectivity index (χ2n) is 3.71. The number of nitrogens with zero attached hydrogens (tertiary/aromatic N) is 2. The van der Waals surface area contributed by atoms with Gasteiger partial charge >= 0.3 is 0 Å². The number of aromatic nitrogens is 2. The van der Waals surface area contributed by atoms with Crippen LogP contribution in [0.2, 0.25) is 0 Å². The van der Waals surface area contributed by atoms with E-state index in [1.807, 2.05) is 18.2 Å². The molecule has 3 rings (SSSR count). The number of carbonyl (C=O) groups is 1. The lowest BCUT2D eigenvalue weighted by Gasteiger charge is -2.06. The van der Waals surface area contributed by atoms with Crippen LogP contribution in [0, 0.1) is 0 Å². The van der Waals surface area contributed by atoms with Gasteiger partial charge in [-0.15, -0.1) is 0 Å². The fourth-order valence-corrected chi connectivity index (χ4v) is 2.68. The Balaban J connectivity index is 2.06. The summed E-state index contributed by atoms with van der Waals surface area (Å²) >= 11 is 1.43. The number of rotatable bonds is 1. The molecule has 0 aliphatic carbocycles. The van der Waals surface area contributed by atoms with E-state index in [1.165, 1.54) is 11.8 Å². The van der Waals surface area contributed by atoms with Crippen molar-refractivity contribution in [2.45, 2.75) is 5.25 Å². The van der Waals surface area contributed by atoms with Gasteiger partial charge in [0.25, 0.3) is 0 Å². The summed E-state index contributed by atoms with van der Waals surface area (Å²) < 4.78 is 0. The number of hydrogen-bond donors (Lipinski definition) is 1. The molecule has 1 saturated heterocycles. The molecule has 1 aromatic heterocycles. The van der Waals surface area contributed by atoms with E-state index in [1.54, 1.807) is 12.4 Å². The summed E-state index contributed by atoms with van der Waals surface area (Å²) in [6, 6.07) is 5.69. The third-order valence-corrected chi connectivity index (χ3v) is 3.67. The molecule has 0 spiro atoms. The quantitative estimate of drug-likeness (QED) is 0.832. The number of carbonyl (C=O) groups excluding carboxylic acids is 1. The molecule has 1 aliphatic heterocycles. The van der Waals surface area contributed by atoms with Crippen LogP contribution in [0.1, 0.15) is 10.8 Å². The SMILES string of the molecule is C=C1NC(=O)C(c2ccc3nccnc3c2)S1. The first-order chi connectivity index (χ1) is 8.24. The van der Waals surface area contributed by atoms with Crippen molar-refractivity contribution in [1.29, 1.82) is 0 Å². The molecule has 1 N–H and O–H groups in total. The first-order valence-electron chi connectivity index (χ1n) is 5.11. The monoisotopic (exact) mass is 243 g/mol. The van der Waals surface area contributed by atoms with E-state index >= 15 is 0 Å². The van der Waals surface area contributed by atoms with Gasteiger partial charge in [0, 0.05) is 12.4 Å². The number of benzene rings is 1. The normalized spacial score (nSPS) is 19.6. The molecule has 0 saturated carbocycles. The Morgan fingerprint density at radius 2 is 2.00 bits per heavy atom. The van der Waals surface area contributed by atoms with Crippen LogP contribution in [0.15, 0.2) is 42.2 Å². The van der Waals surface area contributed by atoms with Crippen LogP contribution < -0.4 is 5.32 Å². The second kappa shape index (κ2) is 3.85. The predicted molar refractivity (Wildman–Crippen MR) is 67.2 cm³/mol. The summed E-state index contributed by atoms with van der Waals surface area (Å²) in [4.78, 5) is 20.1. The van der Waals surface area contributed by atoms with E-state index in [0.29, 0.717) is 5.03 Å². The summed E-state index contributed by atoms with van der Waals surface area (Å²) in [5.41, 5.74) is 2.56. The molecule has 0 bridgehead atoms. The van der Waals surface area contributed by atoms with E-state index in [0.717, 1.165) is 16.6 Å². The maximum atomic E-state index is 11.7. The van der Waals surface area contributed by atoms with Crippen molar-refractivity contribution in [2.75, 3.05) is 0 Å². The van der Waals surface area contributed by atoms with Crippen molar-refractivity contribution >= 4 is 28.7 Å². The van der Waals surface area contributed by atoms with Crippen LogP contribution in [0.5, 0.6) is 0 Å². The van der Waals surface area contributed by atoms with Crippen LogP contribution >= 0.6 is 11.8 Å². The molecule has 4 nitrogen and oxygen atoms in total. The number of hydrogen-bond acceptors (Lipinski definition) is 4. The van der Waals surface area contributed by atoms with E-state index in [2.05, 4.69) is 21.9 Å². The van der Waals surface area contributed by atoms with E-state index in [-0.39, 0.29) is 11.2 Å². The molecule has 1 fully saturated rings. The topological polar surface area (TPSA) is 54.9 Å². The Hall–Kier alpha value is -1.88. The Morgan fingerprint density at radius 1 is 1.24 bits per heavy atom. The fraction of sp³-hybridized carbons (Fsp3) is 0.0833. The van der Waals surface area contributed by atoms with Gasteiger partial charge in [0.1, 0.15) is 5.25 Å². The first-order valence-corrected chi connectivity index (χ1v) is 5.99. The van der Waals surface area contributed by atoms with Crippen molar-refractivity contribution in [3.8, 4) is 0 Å². The summed E-state index contributed by atoms with van der Waals surface area (Å²) in [6.45, 7) is 3.75. The van der Waals surface area contributed by atoms with E-state index < -0.39 is 0 Å². The standard InChI is InChI=1S/C12H9N3OS/c1-7-15-12(16)11(17-7)8-2-3-9-10(6-8)14-5-4-13-9/h2-6,11H,1H2,(H,15,16). The minimum absolute atomic E-state index is 0.0248. The molecule has 1 aromatic carbocycles. The van der Waals surface area contributed by atoms with Crippen molar-refractivity contribution in [2.24, 2.45) is 0 Å². The van der Waals surface area contributed by atoms with Gasteiger partial charge < -0.3 is 5.32 Å². The lowest BCUT2D eigenvalue weighted by atomic mass is 10.1. The molecule has 5 heteroatoms. The summed E-state index contributed by atoms with van der Waals surface area (Å²) in [5.74, 6) is -0.0248. The molecule has 1 aliphatic rings. The molecular weight excluding hydrogens is 234 g/mol. The number of thioether (sulfide) groups is 1. The Kier molecular flexibility index (Phi) is 2.33. The zero-order chi connectivity index (χ0) is 11.8. The smallest absolute Gasteiger partial charge is 0.242 e. The van der Waals surface area contributed by atoms with E-state index in [9.17, 15) is 4.79 Å². The summed E-state index contributed by atoms with van der Waals surface area (Å²) in [5, 5.41) is 3.17. The second-order valence-corrected chi connectivity index (χ2v) is 4.91. The van der Waals surface area contributed by atoms with Crippen LogP contribution in [-0.2, 0) is 4.79 Å². The van der Waals surface area contributed by atoms with Crippen LogP contribution in [0.4, 0.5) is 0 Å². The summed E-state index contributed by atoms with van der Waals surface area (Å²) in [6.07, 6.45) is 3.30. The lowest BCUT2D eigenvalue weighted by molar-refractivity contribution is -0.119. The third-order valence-electron chi connectivity index (χ3n) is 2.56. The average Bonchev–Trinajstić information content (AvgIpc) is 2.68. The number of fused-ring (bicyclic) bond motifs is 1. The largest absolute Gasteiger partial charge is 0.320 e. The molecule has 0 radical (unpaired) electrons. The highest BCUT2D eigenvalue weighted by Gasteiger charge is 2.29. The zero-order valence-electron chi connectivity index (χ0n) is 8.88. The highest BCUT2D eigenvalue weighted by molar-refractivity contribution is 8.04. The molecule has 1 amide bonds. The molecule has 1 atom stereocenters. The van der Waals surface area contributed by atoms with Crippen molar-refractivity contribution in [1.82, 2.24) is 15.3 Å². The van der Waals surface area contributed by atoms with Crippen LogP contribution in [0.3, 0.4) is 0 Å². The van der Waals surface area contributed by atoms with Crippen molar-refractivity contribution in [3.05, 3.63) is 47.8 Å². The molecule has 2 heterocycles. The summed E-state index contributed by atoms with van der Waals surface area (Å²) in [7, 11) is 0. The molecule has 84 valence electrons. The van der Waals surface area contributed by atoms with Crippen LogP contribution in [-0.4, -0.2) is 15.9 Å². The average molecular weight is 243 g/mol. The van der Waals surface area contributed by atoms with Crippen molar-refractivity contribution < 1.29 is 4.79 Å². The molecule has 1 unspecified atom stereocenters. The minimum Gasteiger partial charge on any atom is -0.320 e. The fourth-order valence-electron chi connectivity index (χ4n) is 1.79. The third kappa shape index (κ3) is 1.78. The van der Waals surface area contributed by atoms with Crippen LogP contribution in [0.25, 0.3) is 11.0 Å². The van der Waals surface area contributed by atoms with Gasteiger partial charge in [-0.3, -0.25) is 14.8 Å². The van der Waals surface area contributed by atoms with Gasteiger partial charge in [0.05, 0.1) is 16.1 Å². The van der Waals surface area contributed by atoms with Crippen molar-refractivity contribution in [3.63, 3.8) is 0 Å². The molecular formula is C12H9N3OS. The van der Waals surface area contributed by atoms with Gasteiger partial charge in [0.15, 0.2) is 0 Å². The van der Waals surface area contributed by atoms with Gasteiger partial charge in [-0.1, -0.05) is 24.4 Å². The maximum absolute atomic E-state index is 11.7. The number of amides is 1. The predicted octanol–water partition coefficient (Wildman–Crippen LogP) is 2.01. The highest BCUT2D eigenvalue weighted by Crippen LogP contribution is 2.38. The Labute approximate surface area is 102 Å². The first kappa shape index (κ1) is 10.3. The van der Waals surface area contributed by atoms with Gasteiger partial charge in [-0.25, -0.2) is 0 Å². The van der Waals surface area contributed by atoms with Gasteiger partial charge in [-0.2, -0.15) is 0 Å². The van der Waals surface area contributed by atoms with Gasteiger partial charge in [0.2, 0.25) is 5.91 Å². The van der Waals surface area contributed by atoms with Gasteiger partial charge in [-0.05, 0) is 17.7 Å².